The molecule has 0 fully saturated rings. The van der Waals surface area contributed by atoms with Crippen LogP contribution >= 0.6 is 0 Å². The van der Waals surface area contributed by atoms with Crippen LogP contribution in [0.5, 0.6) is 0 Å². The zero-order chi connectivity index (χ0) is 22.4. The standard InChI is InChI=1S/C22H26N4O4S/c1-4-26(5-2)31(28,29)19-11-7-17(8-12-19)9-13-21(27)24-20-14-18(10-6-16(20)3)22-25-23-15-30-22/h6-8,10-12,14-15H,4-5,9,13H2,1-3H3,(H,24,27). The maximum atomic E-state index is 12.6. The highest BCUT2D eigenvalue weighted by Gasteiger charge is 2.21. The number of hydrogen-bond acceptors (Lipinski definition) is 6. The molecule has 2 aromatic carbocycles. The highest BCUT2D eigenvalue weighted by Crippen LogP contribution is 2.24. The van der Waals surface area contributed by atoms with Crippen molar-refractivity contribution in [3.05, 3.63) is 60.0 Å². The highest BCUT2D eigenvalue weighted by atomic mass is 32.2. The molecule has 1 aromatic heterocycles. The summed E-state index contributed by atoms with van der Waals surface area (Å²) in [4.78, 5) is 12.7. The van der Waals surface area contributed by atoms with E-state index in [-0.39, 0.29) is 17.2 Å². The Morgan fingerprint density at radius 1 is 1.10 bits per heavy atom. The predicted molar refractivity (Wildman–Crippen MR) is 118 cm³/mol. The Hall–Kier alpha value is -3.04. The molecule has 0 saturated carbocycles. The molecule has 3 rings (SSSR count). The number of nitrogens with zero attached hydrogens (tertiary/aromatic N) is 3. The summed E-state index contributed by atoms with van der Waals surface area (Å²) in [6.07, 6.45) is 2.03. The van der Waals surface area contributed by atoms with Gasteiger partial charge in [0.15, 0.2) is 0 Å². The third-order valence-electron chi connectivity index (χ3n) is 5.03. The van der Waals surface area contributed by atoms with Crippen LogP contribution in [0.15, 0.2) is 58.2 Å². The summed E-state index contributed by atoms with van der Waals surface area (Å²) in [5.74, 6) is 0.251. The summed E-state index contributed by atoms with van der Waals surface area (Å²) in [5, 5.41) is 10.5. The van der Waals surface area contributed by atoms with Gasteiger partial charge in [-0.15, -0.1) is 10.2 Å². The highest BCUT2D eigenvalue weighted by molar-refractivity contribution is 7.89. The normalized spacial score (nSPS) is 11.6. The number of carbonyl (C=O) groups excluding carboxylic acids is 1. The molecule has 0 aliphatic carbocycles. The first-order valence-electron chi connectivity index (χ1n) is 10.1. The largest absolute Gasteiger partial charge is 0.423 e. The Labute approximate surface area is 182 Å². The summed E-state index contributed by atoms with van der Waals surface area (Å²) in [7, 11) is -3.48. The fourth-order valence-electron chi connectivity index (χ4n) is 3.20. The number of aryl methyl sites for hydroxylation is 2. The van der Waals surface area contributed by atoms with Crippen LogP contribution in [-0.4, -0.2) is 41.9 Å². The Kier molecular flexibility index (Phi) is 7.19. The van der Waals surface area contributed by atoms with Crippen LogP contribution in [0.2, 0.25) is 0 Å². The third-order valence-corrected chi connectivity index (χ3v) is 7.09. The zero-order valence-electron chi connectivity index (χ0n) is 17.8. The lowest BCUT2D eigenvalue weighted by atomic mass is 10.1. The van der Waals surface area contributed by atoms with E-state index in [9.17, 15) is 13.2 Å². The van der Waals surface area contributed by atoms with Crippen molar-refractivity contribution in [2.45, 2.75) is 38.5 Å². The minimum Gasteiger partial charge on any atom is -0.423 e. The van der Waals surface area contributed by atoms with Crippen LogP contribution in [0.1, 0.15) is 31.4 Å². The van der Waals surface area contributed by atoms with Gasteiger partial charge in [-0.05, 0) is 48.7 Å². The molecule has 1 heterocycles. The first-order chi connectivity index (χ1) is 14.8. The van der Waals surface area contributed by atoms with Gasteiger partial charge >= 0.3 is 0 Å². The van der Waals surface area contributed by atoms with Crippen molar-refractivity contribution in [3.63, 3.8) is 0 Å². The number of sulfonamides is 1. The van der Waals surface area contributed by atoms with Crippen molar-refractivity contribution < 1.29 is 17.6 Å². The molecule has 0 radical (unpaired) electrons. The molecule has 164 valence electrons. The lowest BCUT2D eigenvalue weighted by Crippen LogP contribution is -2.30. The van der Waals surface area contributed by atoms with Crippen molar-refractivity contribution in [2.24, 2.45) is 0 Å². The molecule has 0 unspecified atom stereocenters. The number of aromatic nitrogens is 2. The summed E-state index contributed by atoms with van der Waals surface area (Å²) in [6.45, 7) is 6.38. The summed E-state index contributed by atoms with van der Waals surface area (Å²) in [5.41, 5.74) is 3.22. The molecule has 1 amide bonds. The van der Waals surface area contributed by atoms with Crippen molar-refractivity contribution in [2.75, 3.05) is 18.4 Å². The van der Waals surface area contributed by atoms with Gasteiger partial charge in [-0.2, -0.15) is 4.31 Å². The predicted octanol–water partition coefficient (Wildman–Crippen LogP) is 3.65. The van der Waals surface area contributed by atoms with E-state index in [0.717, 1.165) is 16.7 Å². The molecule has 9 heteroatoms. The molecule has 3 aromatic rings. The van der Waals surface area contributed by atoms with E-state index < -0.39 is 10.0 Å². The van der Waals surface area contributed by atoms with Crippen molar-refractivity contribution in [1.29, 1.82) is 0 Å². The quantitative estimate of drug-likeness (QED) is 0.542. The Morgan fingerprint density at radius 2 is 1.81 bits per heavy atom. The number of nitrogens with one attached hydrogen (secondary N) is 1. The fourth-order valence-corrected chi connectivity index (χ4v) is 4.66. The van der Waals surface area contributed by atoms with Crippen molar-refractivity contribution in [3.8, 4) is 11.5 Å². The average Bonchev–Trinajstić information content (AvgIpc) is 3.30. The molecule has 1 N–H and O–H groups in total. The minimum absolute atomic E-state index is 0.134. The molecule has 0 aliphatic rings. The van der Waals surface area contributed by atoms with Gasteiger partial charge in [-0.25, -0.2) is 8.42 Å². The smallest absolute Gasteiger partial charge is 0.247 e. The second-order valence-electron chi connectivity index (χ2n) is 7.06. The van der Waals surface area contributed by atoms with Gasteiger partial charge in [0.25, 0.3) is 0 Å². The fraction of sp³-hybridized carbons (Fsp3) is 0.318. The van der Waals surface area contributed by atoms with Gasteiger partial charge in [-0.1, -0.05) is 32.0 Å². The minimum atomic E-state index is -3.48. The lowest BCUT2D eigenvalue weighted by Gasteiger charge is -2.18. The third kappa shape index (κ3) is 5.36. The first-order valence-corrected chi connectivity index (χ1v) is 11.5. The van der Waals surface area contributed by atoms with Crippen LogP contribution in [0.3, 0.4) is 0 Å². The number of amides is 1. The van der Waals surface area contributed by atoms with Gasteiger partial charge in [0, 0.05) is 30.8 Å². The summed E-state index contributed by atoms with van der Waals surface area (Å²) < 4.78 is 31.8. The number of benzene rings is 2. The first kappa shape index (κ1) is 22.6. The lowest BCUT2D eigenvalue weighted by molar-refractivity contribution is -0.116. The molecule has 0 bridgehead atoms. The molecule has 0 spiro atoms. The number of hydrogen-bond donors (Lipinski definition) is 1. The SMILES string of the molecule is CCN(CC)S(=O)(=O)c1ccc(CCC(=O)Nc2cc(-c3nnco3)ccc2C)cc1. The molecule has 0 aliphatic heterocycles. The molecule has 0 atom stereocenters. The zero-order valence-corrected chi connectivity index (χ0v) is 18.6. The van der Waals surface area contributed by atoms with E-state index in [2.05, 4.69) is 15.5 Å². The van der Waals surface area contributed by atoms with E-state index in [1.807, 2.05) is 32.9 Å². The van der Waals surface area contributed by atoms with E-state index in [1.165, 1.54) is 10.7 Å². The van der Waals surface area contributed by atoms with Crippen molar-refractivity contribution in [1.82, 2.24) is 14.5 Å². The maximum Gasteiger partial charge on any atom is 0.247 e. The van der Waals surface area contributed by atoms with E-state index in [0.29, 0.717) is 31.1 Å². The van der Waals surface area contributed by atoms with Crippen LogP contribution in [0, 0.1) is 6.92 Å². The molecular weight excluding hydrogens is 416 g/mol. The van der Waals surface area contributed by atoms with E-state index >= 15 is 0 Å². The van der Waals surface area contributed by atoms with Gasteiger partial charge in [0.05, 0.1) is 4.90 Å². The average molecular weight is 443 g/mol. The monoisotopic (exact) mass is 442 g/mol. The van der Waals surface area contributed by atoms with Crippen LogP contribution < -0.4 is 5.32 Å². The Balaban J connectivity index is 1.62. The topological polar surface area (TPSA) is 105 Å². The Morgan fingerprint density at radius 3 is 2.42 bits per heavy atom. The van der Waals surface area contributed by atoms with E-state index in [4.69, 9.17) is 4.42 Å². The van der Waals surface area contributed by atoms with Crippen LogP contribution in [-0.2, 0) is 21.2 Å². The van der Waals surface area contributed by atoms with Crippen LogP contribution in [0.4, 0.5) is 5.69 Å². The van der Waals surface area contributed by atoms with Crippen LogP contribution in [0.25, 0.3) is 11.5 Å². The van der Waals surface area contributed by atoms with Gasteiger partial charge in [0.1, 0.15) is 0 Å². The molecule has 8 nitrogen and oxygen atoms in total. The second-order valence-corrected chi connectivity index (χ2v) is 8.99. The van der Waals surface area contributed by atoms with Gasteiger partial charge < -0.3 is 9.73 Å². The van der Waals surface area contributed by atoms with E-state index in [1.54, 1.807) is 30.3 Å². The van der Waals surface area contributed by atoms with Gasteiger partial charge in [0.2, 0.25) is 28.2 Å². The maximum absolute atomic E-state index is 12.6. The number of rotatable bonds is 9. The summed E-state index contributed by atoms with van der Waals surface area (Å²) >= 11 is 0. The summed E-state index contributed by atoms with van der Waals surface area (Å²) in [6, 6.07) is 12.2. The Bertz CT molecular complexity index is 1120. The molecule has 0 saturated heterocycles. The second kappa shape index (κ2) is 9.84. The van der Waals surface area contributed by atoms with Crippen molar-refractivity contribution >= 4 is 21.6 Å². The number of anilines is 1. The van der Waals surface area contributed by atoms with Gasteiger partial charge in [-0.3, -0.25) is 4.79 Å². The molecule has 31 heavy (non-hydrogen) atoms. The molecular formula is C22H26N4O4S. The number of carbonyl (C=O) groups is 1.